The van der Waals surface area contributed by atoms with Gasteiger partial charge in [-0.15, -0.1) is 0 Å². The second-order valence-corrected chi connectivity index (χ2v) is 12.7. The van der Waals surface area contributed by atoms with Gasteiger partial charge in [0.05, 0.1) is 20.6 Å². The van der Waals surface area contributed by atoms with Crippen LogP contribution in [0.5, 0.6) is 0 Å². The Labute approximate surface area is 253 Å². The van der Waals surface area contributed by atoms with Crippen LogP contribution in [0.2, 0.25) is 10.0 Å². The number of amides is 2. The van der Waals surface area contributed by atoms with E-state index in [9.17, 15) is 18.0 Å². The molecule has 0 aromatic heterocycles. The minimum absolute atomic E-state index is 0.0264. The second-order valence-electron chi connectivity index (χ2n) is 10.1. The summed E-state index contributed by atoms with van der Waals surface area (Å²) in [5.74, 6) is -0.876. The third-order valence-corrected chi connectivity index (χ3v) is 9.55. The van der Waals surface area contributed by atoms with Crippen LogP contribution in [-0.2, 0) is 32.6 Å². The van der Waals surface area contributed by atoms with Gasteiger partial charge in [-0.25, -0.2) is 8.42 Å². The number of nitrogens with zero attached hydrogens (tertiary/aromatic N) is 2. The molecule has 0 bridgehead atoms. The summed E-state index contributed by atoms with van der Waals surface area (Å²) in [6.45, 7) is 8.78. The van der Waals surface area contributed by atoms with E-state index in [-0.39, 0.29) is 23.4 Å². The van der Waals surface area contributed by atoms with Gasteiger partial charge in [0.25, 0.3) is 10.0 Å². The maximum atomic E-state index is 14.1. The number of carbonyl (C=O) groups excluding carboxylic acids is 2. The van der Waals surface area contributed by atoms with Crippen LogP contribution < -0.4 is 9.62 Å². The zero-order valence-corrected chi connectivity index (χ0v) is 26.4. The summed E-state index contributed by atoms with van der Waals surface area (Å²) < 4.78 is 29.2. The zero-order chi connectivity index (χ0) is 30.3. The molecule has 10 heteroatoms. The molecule has 0 saturated heterocycles. The molecule has 0 unspecified atom stereocenters. The molecule has 0 aliphatic carbocycles. The van der Waals surface area contributed by atoms with Crippen LogP contribution in [0, 0.1) is 6.92 Å². The van der Waals surface area contributed by atoms with Gasteiger partial charge >= 0.3 is 0 Å². The minimum Gasteiger partial charge on any atom is -0.352 e. The lowest BCUT2D eigenvalue weighted by Gasteiger charge is -2.33. The highest BCUT2D eigenvalue weighted by atomic mass is 35.5. The van der Waals surface area contributed by atoms with Crippen molar-refractivity contribution in [2.75, 3.05) is 10.8 Å². The Bertz CT molecular complexity index is 1480. The third kappa shape index (κ3) is 8.03. The van der Waals surface area contributed by atoms with Gasteiger partial charge in [-0.05, 0) is 75.1 Å². The predicted molar refractivity (Wildman–Crippen MR) is 166 cm³/mol. The van der Waals surface area contributed by atoms with E-state index in [1.165, 1.54) is 17.0 Å². The number of para-hydroxylation sites is 1. The van der Waals surface area contributed by atoms with Crippen LogP contribution in [0.4, 0.5) is 5.69 Å². The molecule has 41 heavy (non-hydrogen) atoms. The summed E-state index contributed by atoms with van der Waals surface area (Å²) >= 11 is 12.3. The Kier molecular flexibility index (Phi) is 11.2. The fraction of sp³-hybridized carbons (Fsp3) is 0.355. The molecule has 220 valence electrons. The van der Waals surface area contributed by atoms with E-state index in [1.807, 2.05) is 39.8 Å². The number of rotatable bonds is 12. The van der Waals surface area contributed by atoms with Gasteiger partial charge in [0.1, 0.15) is 12.6 Å². The van der Waals surface area contributed by atoms with E-state index in [2.05, 4.69) is 5.32 Å². The van der Waals surface area contributed by atoms with Gasteiger partial charge in [-0.1, -0.05) is 79.0 Å². The molecule has 2 atom stereocenters. The van der Waals surface area contributed by atoms with Gasteiger partial charge in [-0.2, -0.15) is 0 Å². The third-order valence-electron chi connectivity index (χ3n) is 7.03. The van der Waals surface area contributed by atoms with Gasteiger partial charge in [-0.3, -0.25) is 13.9 Å². The van der Waals surface area contributed by atoms with Crippen molar-refractivity contribution in [3.63, 3.8) is 0 Å². The standard InChI is InChI=1S/C31H37Cl2N3O4S/c1-6-22(4)34-31(38)23(5)35(19-24-14-17-27(32)28(33)18-24)30(37)20-36(29-11-9-8-10-25(29)7-2)41(39,40)26-15-12-21(3)13-16-26/h8-18,22-23H,6-7,19-20H2,1-5H3,(H,34,38)/t22-,23+/m0/s1. The fourth-order valence-electron chi connectivity index (χ4n) is 4.29. The van der Waals surface area contributed by atoms with Gasteiger partial charge in [0.15, 0.2) is 0 Å². The Hall–Kier alpha value is -3.07. The van der Waals surface area contributed by atoms with Crippen LogP contribution in [0.1, 0.15) is 50.8 Å². The number of benzene rings is 3. The number of hydrogen-bond acceptors (Lipinski definition) is 4. The number of sulfonamides is 1. The fourth-order valence-corrected chi connectivity index (χ4v) is 6.06. The number of nitrogens with one attached hydrogen (secondary N) is 1. The van der Waals surface area contributed by atoms with Crippen molar-refractivity contribution >= 4 is 50.7 Å². The lowest BCUT2D eigenvalue weighted by Crippen LogP contribution is -2.52. The number of anilines is 1. The van der Waals surface area contributed by atoms with Crippen LogP contribution >= 0.6 is 23.2 Å². The van der Waals surface area contributed by atoms with Crippen LogP contribution in [0.3, 0.4) is 0 Å². The summed E-state index contributed by atoms with van der Waals surface area (Å²) in [4.78, 5) is 28.7. The molecule has 0 saturated carbocycles. The van der Waals surface area contributed by atoms with Crippen molar-refractivity contribution in [2.45, 2.75) is 71.0 Å². The van der Waals surface area contributed by atoms with Gasteiger partial charge in [0.2, 0.25) is 11.8 Å². The molecular weight excluding hydrogens is 581 g/mol. The van der Waals surface area contributed by atoms with E-state index >= 15 is 0 Å². The van der Waals surface area contributed by atoms with Crippen molar-refractivity contribution < 1.29 is 18.0 Å². The van der Waals surface area contributed by atoms with E-state index in [0.717, 1.165) is 21.9 Å². The highest BCUT2D eigenvalue weighted by Crippen LogP contribution is 2.29. The van der Waals surface area contributed by atoms with Crippen molar-refractivity contribution in [2.24, 2.45) is 0 Å². The molecule has 0 aliphatic rings. The minimum atomic E-state index is -4.14. The first-order valence-corrected chi connectivity index (χ1v) is 15.8. The average Bonchev–Trinajstić information content (AvgIpc) is 2.95. The molecule has 0 radical (unpaired) electrons. The normalized spacial score (nSPS) is 12.9. The first-order chi connectivity index (χ1) is 19.4. The predicted octanol–water partition coefficient (Wildman–Crippen LogP) is 6.39. The maximum absolute atomic E-state index is 14.1. The van der Waals surface area contributed by atoms with E-state index in [1.54, 1.807) is 49.4 Å². The largest absolute Gasteiger partial charge is 0.352 e. The topological polar surface area (TPSA) is 86.8 Å². The van der Waals surface area contributed by atoms with Crippen molar-refractivity contribution in [3.05, 3.63) is 93.5 Å². The molecule has 0 aliphatic heterocycles. The smallest absolute Gasteiger partial charge is 0.264 e. The Morgan fingerprint density at radius 3 is 2.20 bits per heavy atom. The van der Waals surface area contributed by atoms with Crippen LogP contribution in [-0.4, -0.2) is 43.8 Å². The molecule has 3 rings (SSSR count). The van der Waals surface area contributed by atoms with Crippen molar-refractivity contribution in [1.29, 1.82) is 0 Å². The molecule has 1 N–H and O–H groups in total. The molecule has 2 amide bonds. The number of aryl methyl sites for hydroxylation is 2. The summed E-state index contributed by atoms with van der Waals surface area (Å²) in [6, 6.07) is 17.6. The average molecular weight is 619 g/mol. The number of hydrogen-bond donors (Lipinski definition) is 1. The summed E-state index contributed by atoms with van der Waals surface area (Å²) in [5.41, 5.74) is 2.75. The van der Waals surface area contributed by atoms with Gasteiger partial charge in [0, 0.05) is 12.6 Å². The Morgan fingerprint density at radius 2 is 1.59 bits per heavy atom. The molecule has 0 spiro atoms. The quantitative estimate of drug-likeness (QED) is 0.255. The van der Waals surface area contributed by atoms with Crippen molar-refractivity contribution in [3.8, 4) is 0 Å². The first-order valence-electron chi connectivity index (χ1n) is 13.6. The second kappa shape index (κ2) is 14.2. The van der Waals surface area contributed by atoms with E-state index in [0.29, 0.717) is 27.7 Å². The first kappa shape index (κ1) is 32.4. The Morgan fingerprint density at radius 1 is 0.927 bits per heavy atom. The molecule has 0 heterocycles. The summed E-state index contributed by atoms with van der Waals surface area (Å²) in [6.07, 6.45) is 1.28. The van der Waals surface area contributed by atoms with Crippen LogP contribution in [0.15, 0.2) is 71.6 Å². The SMILES string of the molecule is CCc1ccccc1N(CC(=O)N(Cc1ccc(Cl)c(Cl)c1)[C@H](C)C(=O)N[C@@H](C)CC)S(=O)(=O)c1ccc(C)cc1. The highest BCUT2D eigenvalue weighted by Gasteiger charge is 2.33. The maximum Gasteiger partial charge on any atom is 0.264 e. The summed E-state index contributed by atoms with van der Waals surface area (Å²) in [5, 5.41) is 3.60. The molecule has 3 aromatic rings. The monoisotopic (exact) mass is 617 g/mol. The molecular formula is C31H37Cl2N3O4S. The zero-order valence-electron chi connectivity index (χ0n) is 24.0. The number of halogens is 2. The number of carbonyl (C=O) groups is 2. The van der Waals surface area contributed by atoms with Crippen molar-refractivity contribution in [1.82, 2.24) is 10.2 Å². The molecule has 0 fully saturated rings. The Balaban J connectivity index is 2.08. The highest BCUT2D eigenvalue weighted by molar-refractivity contribution is 7.92. The lowest BCUT2D eigenvalue weighted by atomic mass is 10.1. The summed E-state index contributed by atoms with van der Waals surface area (Å²) in [7, 11) is -4.14. The van der Waals surface area contributed by atoms with Gasteiger partial charge < -0.3 is 10.2 Å². The van der Waals surface area contributed by atoms with Crippen LogP contribution in [0.25, 0.3) is 0 Å². The van der Waals surface area contributed by atoms with E-state index < -0.39 is 28.5 Å². The van der Waals surface area contributed by atoms with E-state index in [4.69, 9.17) is 23.2 Å². The molecule has 7 nitrogen and oxygen atoms in total. The molecule has 3 aromatic carbocycles. The lowest BCUT2D eigenvalue weighted by molar-refractivity contribution is -0.139.